The summed E-state index contributed by atoms with van der Waals surface area (Å²) in [5.41, 5.74) is 2.34. The molecule has 0 aromatic carbocycles. The van der Waals surface area contributed by atoms with E-state index >= 15 is 0 Å². The van der Waals surface area contributed by atoms with Crippen LogP contribution in [0, 0.1) is 17.8 Å². The van der Waals surface area contributed by atoms with Gasteiger partial charge in [0.15, 0.2) is 17.3 Å². The van der Waals surface area contributed by atoms with E-state index in [1.807, 2.05) is 4.52 Å². The van der Waals surface area contributed by atoms with E-state index in [1.54, 1.807) is 7.05 Å². The van der Waals surface area contributed by atoms with E-state index in [-0.39, 0.29) is 12.5 Å². The Morgan fingerprint density at radius 2 is 2.16 bits per heavy atom. The molecule has 4 fully saturated rings. The zero-order chi connectivity index (χ0) is 22.3. The van der Waals surface area contributed by atoms with Crippen molar-refractivity contribution in [3.8, 4) is 0 Å². The van der Waals surface area contributed by atoms with Gasteiger partial charge in [0.2, 0.25) is 0 Å². The molecule has 7 rings (SSSR count). The van der Waals surface area contributed by atoms with E-state index in [9.17, 15) is 5.11 Å². The molecule has 170 valence electrons. The smallest absolute Gasteiger partial charge is 0.184 e. The van der Waals surface area contributed by atoms with Gasteiger partial charge in [-0.3, -0.25) is 0 Å². The molecule has 10 heteroatoms. The van der Waals surface area contributed by atoms with Crippen LogP contribution in [-0.2, 0) is 17.4 Å². The summed E-state index contributed by atoms with van der Waals surface area (Å²) < 4.78 is 8.17. The SMILES string of the molecule is CC[C@@]1(C)CCN(c2cc(C)c3nc(C45CC(CO)(CO4)C5c4nnn(C)n4)nn3c2)C1. The molecule has 3 aromatic rings. The first-order valence-corrected chi connectivity index (χ1v) is 11.4. The highest BCUT2D eigenvalue weighted by Crippen LogP contribution is 2.70. The number of aryl methyl sites for hydroxylation is 2. The maximum atomic E-state index is 10.2. The van der Waals surface area contributed by atoms with Gasteiger partial charge >= 0.3 is 0 Å². The lowest BCUT2D eigenvalue weighted by atomic mass is 9.53. The molecular formula is C22H30N8O2. The number of hydrogen-bond donors (Lipinski definition) is 1. The molecular weight excluding hydrogens is 408 g/mol. The Kier molecular flexibility index (Phi) is 4.06. The Morgan fingerprint density at radius 1 is 1.31 bits per heavy atom. The molecule has 3 saturated heterocycles. The summed E-state index contributed by atoms with van der Waals surface area (Å²) in [7, 11) is 1.74. The minimum atomic E-state index is -0.723. The van der Waals surface area contributed by atoms with Gasteiger partial charge in [-0.15, -0.1) is 15.3 Å². The molecule has 1 N–H and O–H groups in total. The largest absolute Gasteiger partial charge is 0.396 e. The Morgan fingerprint density at radius 3 is 2.84 bits per heavy atom. The summed E-state index contributed by atoms with van der Waals surface area (Å²) in [6, 6.07) is 2.21. The summed E-state index contributed by atoms with van der Waals surface area (Å²) in [6.45, 7) is 9.30. The van der Waals surface area contributed by atoms with Crippen molar-refractivity contribution in [1.82, 2.24) is 34.8 Å². The minimum absolute atomic E-state index is 0.0133. The molecule has 4 aliphatic rings. The molecule has 0 radical (unpaired) electrons. The molecule has 6 heterocycles. The Bertz CT molecular complexity index is 1210. The average Bonchev–Trinajstić information content (AvgIpc) is 3.55. The van der Waals surface area contributed by atoms with Gasteiger partial charge in [0.05, 0.1) is 38.1 Å². The number of pyridine rings is 1. The molecule has 3 unspecified atom stereocenters. The van der Waals surface area contributed by atoms with Gasteiger partial charge in [-0.1, -0.05) is 13.8 Å². The number of rotatable bonds is 5. The van der Waals surface area contributed by atoms with Gasteiger partial charge < -0.3 is 14.7 Å². The highest BCUT2D eigenvalue weighted by molar-refractivity contribution is 5.58. The van der Waals surface area contributed by atoms with Crippen LogP contribution < -0.4 is 4.90 Å². The second-order valence-corrected chi connectivity index (χ2v) is 10.4. The number of fused-ring (bicyclic) bond motifs is 2. The Balaban J connectivity index is 1.39. The van der Waals surface area contributed by atoms with Gasteiger partial charge in [0, 0.05) is 18.5 Å². The first-order chi connectivity index (χ1) is 15.3. The van der Waals surface area contributed by atoms with Crippen LogP contribution in [0.2, 0.25) is 0 Å². The summed E-state index contributed by atoms with van der Waals surface area (Å²) in [6.07, 6.45) is 5.13. The third-order valence-corrected chi connectivity index (χ3v) is 8.17. The van der Waals surface area contributed by atoms with Crippen molar-refractivity contribution in [1.29, 1.82) is 0 Å². The lowest BCUT2D eigenvalue weighted by Crippen LogP contribution is -2.53. The second kappa shape index (κ2) is 6.48. The molecule has 10 nitrogen and oxygen atoms in total. The van der Waals surface area contributed by atoms with Gasteiger partial charge in [-0.05, 0) is 48.4 Å². The van der Waals surface area contributed by atoms with Crippen LogP contribution in [-0.4, -0.2) is 66.2 Å². The molecule has 32 heavy (non-hydrogen) atoms. The van der Waals surface area contributed by atoms with Crippen LogP contribution >= 0.6 is 0 Å². The predicted molar refractivity (Wildman–Crippen MR) is 116 cm³/mol. The summed E-state index contributed by atoms with van der Waals surface area (Å²) in [5, 5.41) is 27.7. The predicted octanol–water partition coefficient (Wildman–Crippen LogP) is 1.58. The number of aromatic nitrogens is 7. The van der Waals surface area contributed by atoms with E-state index in [2.05, 4.69) is 53.3 Å². The van der Waals surface area contributed by atoms with Gasteiger partial charge in [0.25, 0.3) is 0 Å². The van der Waals surface area contributed by atoms with Crippen LogP contribution in [0.1, 0.15) is 56.2 Å². The lowest BCUT2D eigenvalue weighted by Gasteiger charge is -2.48. The van der Waals surface area contributed by atoms with Crippen LogP contribution in [0.25, 0.3) is 5.65 Å². The average molecular weight is 439 g/mol. The van der Waals surface area contributed by atoms with E-state index in [1.165, 1.54) is 23.3 Å². The topological polar surface area (TPSA) is 106 Å². The number of hydrogen-bond acceptors (Lipinski definition) is 8. The normalized spacial score (nSPS) is 33.9. The van der Waals surface area contributed by atoms with Crippen LogP contribution in [0.4, 0.5) is 5.69 Å². The van der Waals surface area contributed by atoms with Crippen molar-refractivity contribution in [3.05, 3.63) is 29.5 Å². The van der Waals surface area contributed by atoms with Gasteiger partial charge in [-0.2, -0.15) is 4.80 Å². The van der Waals surface area contributed by atoms with Crippen molar-refractivity contribution >= 4 is 11.3 Å². The van der Waals surface area contributed by atoms with Crippen molar-refractivity contribution in [2.75, 3.05) is 31.2 Å². The van der Waals surface area contributed by atoms with E-state index in [4.69, 9.17) is 14.8 Å². The van der Waals surface area contributed by atoms with E-state index in [0.717, 1.165) is 24.3 Å². The number of nitrogens with zero attached hydrogens (tertiary/aromatic N) is 8. The lowest BCUT2D eigenvalue weighted by molar-refractivity contribution is -0.0716. The zero-order valence-corrected chi connectivity index (χ0v) is 19.1. The quantitative estimate of drug-likeness (QED) is 0.640. The standard InChI is InChI=1S/C22H30N8O2/c1-5-20(3)6-7-29(11-20)15-8-14(2)18-23-19(26-30(18)9-15)22-10-21(12-31,13-32-22)16(22)17-24-27-28(4)25-17/h8-9,16,31H,5-7,10-13H2,1-4H3/t16?,20-,21?,22?/m0/s1. The zero-order valence-electron chi connectivity index (χ0n) is 19.1. The maximum Gasteiger partial charge on any atom is 0.184 e. The van der Waals surface area contributed by atoms with Crippen LogP contribution in [0.15, 0.2) is 12.3 Å². The first-order valence-electron chi connectivity index (χ1n) is 11.4. The Labute approximate surface area is 186 Å². The molecule has 3 aromatic heterocycles. The number of aliphatic hydroxyl groups is 1. The fourth-order valence-electron chi connectivity index (χ4n) is 6.01. The monoisotopic (exact) mass is 438 g/mol. The summed E-state index contributed by atoms with van der Waals surface area (Å²) >= 11 is 0. The van der Waals surface area contributed by atoms with Gasteiger partial charge in [-0.25, -0.2) is 9.50 Å². The van der Waals surface area contributed by atoms with Crippen LogP contribution in [0.3, 0.4) is 0 Å². The number of aliphatic hydroxyl groups excluding tert-OH is 1. The van der Waals surface area contributed by atoms with Crippen molar-refractivity contribution < 1.29 is 9.84 Å². The molecule has 1 saturated carbocycles. The van der Waals surface area contributed by atoms with Crippen LogP contribution in [0.5, 0.6) is 0 Å². The first kappa shape index (κ1) is 20.0. The third-order valence-electron chi connectivity index (χ3n) is 8.17. The van der Waals surface area contributed by atoms with Crippen molar-refractivity contribution in [2.24, 2.45) is 17.9 Å². The highest BCUT2D eigenvalue weighted by Gasteiger charge is 2.74. The maximum absolute atomic E-state index is 10.2. The fraction of sp³-hybridized carbons (Fsp3) is 0.682. The third kappa shape index (κ3) is 2.56. The fourth-order valence-corrected chi connectivity index (χ4v) is 6.01. The molecule has 0 spiro atoms. The second-order valence-electron chi connectivity index (χ2n) is 10.4. The molecule has 4 atom stereocenters. The molecule has 1 aliphatic carbocycles. The highest BCUT2D eigenvalue weighted by atomic mass is 16.5. The number of ether oxygens (including phenoxy) is 1. The molecule has 2 bridgehead atoms. The number of tetrazole rings is 1. The minimum Gasteiger partial charge on any atom is -0.396 e. The molecule has 3 aliphatic heterocycles. The van der Waals surface area contributed by atoms with E-state index in [0.29, 0.717) is 30.1 Å². The van der Waals surface area contributed by atoms with E-state index < -0.39 is 11.0 Å². The van der Waals surface area contributed by atoms with Crippen molar-refractivity contribution in [3.63, 3.8) is 0 Å². The summed E-state index contributed by atoms with van der Waals surface area (Å²) in [5.74, 6) is 1.00. The van der Waals surface area contributed by atoms with Crippen molar-refractivity contribution in [2.45, 2.75) is 51.6 Å². The Hall–Kier alpha value is -2.59. The summed E-state index contributed by atoms with van der Waals surface area (Å²) in [4.78, 5) is 8.80. The molecule has 0 amide bonds. The van der Waals surface area contributed by atoms with Gasteiger partial charge in [0.1, 0.15) is 5.60 Å². The number of anilines is 1.